The second-order valence-corrected chi connectivity index (χ2v) is 3.86. The highest BCUT2D eigenvalue weighted by Gasteiger charge is 2.23. The van der Waals surface area contributed by atoms with Crippen molar-refractivity contribution in [1.82, 2.24) is 0 Å². The first-order valence-electron chi connectivity index (χ1n) is 5.72. The van der Waals surface area contributed by atoms with Gasteiger partial charge in [-0.2, -0.15) is 0 Å². The van der Waals surface area contributed by atoms with Gasteiger partial charge in [-0.05, 0) is 12.1 Å². The number of ketones is 1. The number of aliphatic hydroxyl groups is 1. The molecule has 1 N–H and O–H groups in total. The van der Waals surface area contributed by atoms with Crippen LogP contribution in [0.2, 0.25) is 0 Å². The molecule has 0 radical (unpaired) electrons. The van der Waals surface area contributed by atoms with Gasteiger partial charge in [-0.15, -0.1) is 0 Å². The highest BCUT2D eigenvalue weighted by Crippen LogP contribution is 2.33. The largest absolute Gasteiger partial charge is 0.507 e. The van der Waals surface area contributed by atoms with Gasteiger partial charge in [0.1, 0.15) is 12.2 Å². The normalized spacial score (nSPS) is 10.9. The first-order chi connectivity index (χ1) is 9.90. The molecule has 112 valence electrons. The van der Waals surface area contributed by atoms with Gasteiger partial charge >= 0.3 is 11.7 Å². The Morgan fingerprint density at radius 2 is 2.05 bits per heavy atom. The minimum absolute atomic E-state index is 0.0575. The molecular weight excluding hydrogens is 282 g/mol. The number of allylic oxidation sites excluding steroid dienone is 1. The molecule has 0 aliphatic carbocycles. The van der Waals surface area contributed by atoms with Crippen LogP contribution in [0, 0.1) is 10.1 Å². The van der Waals surface area contributed by atoms with Crippen molar-refractivity contribution < 1.29 is 29.1 Å². The van der Waals surface area contributed by atoms with Crippen molar-refractivity contribution in [2.24, 2.45) is 0 Å². The predicted octanol–water partition coefficient (Wildman–Crippen LogP) is 1.63. The molecule has 0 aliphatic rings. The standard InChI is InChI=1S/C13H13NO7/c1-20-11-5-3-4-9(13(11)14(18)19)10(16)6-8(15)7-12(17)21-2/h3-6,16H,7H2,1-2H3/b10-6-. The summed E-state index contributed by atoms with van der Waals surface area (Å²) < 4.78 is 9.15. The van der Waals surface area contributed by atoms with Crippen LogP contribution in [0.5, 0.6) is 5.75 Å². The lowest BCUT2D eigenvalue weighted by Crippen LogP contribution is -2.07. The van der Waals surface area contributed by atoms with Crippen LogP contribution in [-0.2, 0) is 14.3 Å². The number of methoxy groups -OCH3 is 2. The van der Waals surface area contributed by atoms with Crippen molar-refractivity contribution in [3.8, 4) is 5.75 Å². The van der Waals surface area contributed by atoms with Gasteiger partial charge in [0.15, 0.2) is 11.5 Å². The topological polar surface area (TPSA) is 116 Å². The van der Waals surface area contributed by atoms with E-state index in [-0.39, 0.29) is 11.3 Å². The van der Waals surface area contributed by atoms with E-state index in [1.54, 1.807) is 0 Å². The number of para-hydroxylation sites is 1. The van der Waals surface area contributed by atoms with Gasteiger partial charge in [0.25, 0.3) is 0 Å². The first-order valence-corrected chi connectivity index (χ1v) is 5.72. The van der Waals surface area contributed by atoms with Crippen molar-refractivity contribution >= 4 is 23.2 Å². The van der Waals surface area contributed by atoms with Gasteiger partial charge in [-0.25, -0.2) is 0 Å². The highest BCUT2D eigenvalue weighted by molar-refractivity contribution is 6.05. The van der Waals surface area contributed by atoms with Gasteiger partial charge in [-0.1, -0.05) is 6.07 Å². The Balaban J connectivity index is 3.18. The molecule has 8 heteroatoms. The average molecular weight is 295 g/mol. The molecule has 0 unspecified atom stereocenters. The summed E-state index contributed by atoms with van der Waals surface area (Å²) in [5.74, 6) is -2.20. The number of hydrogen-bond donors (Lipinski definition) is 1. The number of carbonyl (C=O) groups excluding carboxylic acids is 2. The van der Waals surface area contributed by atoms with E-state index in [2.05, 4.69) is 4.74 Å². The van der Waals surface area contributed by atoms with E-state index in [1.165, 1.54) is 25.3 Å². The number of esters is 1. The lowest BCUT2D eigenvalue weighted by molar-refractivity contribution is -0.386. The predicted molar refractivity (Wildman–Crippen MR) is 71.9 cm³/mol. The number of ether oxygens (including phenoxy) is 2. The maximum absolute atomic E-state index is 11.5. The van der Waals surface area contributed by atoms with Crippen LogP contribution in [0.1, 0.15) is 12.0 Å². The van der Waals surface area contributed by atoms with Crippen LogP contribution in [0.25, 0.3) is 5.76 Å². The summed E-state index contributed by atoms with van der Waals surface area (Å²) in [5, 5.41) is 20.9. The van der Waals surface area contributed by atoms with Gasteiger partial charge in [0.2, 0.25) is 0 Å². The van der Waals surface area contributed by atoms with E-state index in [0.29, 0.717) is 0 Å². The monoisotopic (exact) mass is 295 g/mol. The van der Waals surface area contributed by atoms with E-state index in [1.807, 2.05) is 0 Å². The maximum atomic E-state index is 11.5. The Kier molecular flexibility index (Phi) is 5.41. The van der Waals surface area contributed by atoms with Crippen molar-refractivity contribution in [1.29, 1.82) is 0 Å². The van der Waals surface area contributed by atoms with Gasteiger partial charge in [-0.3, -0.25) is 19.7 Å². The fraction of sp³-hybridized carbons (Fsp3) is 0.231. The quantitative estimate of drug-likeness (QED) is 0.212. The number of nitro groups is 1. The third kappa shape index (κ3) is 4.03. The second-order valence-electron chi connectivity index (χ2n) is 3.86. The number of carbonyl (C=O) groups is 2. The molecule has 1 aromatic carbocycles. The van der Waals surface area contributed by atoms with Gasteiger partial charge < -0.3 is 14.6 Å². The lowest BCUT2D eigenvalue weighted by Gasteiger charge is -2.06. The summed E-state index contributed by atoms with van der Waals surface area (Å²) in [5.41, 5.74) is -0.655. The molecule has 0 atom stereocenters. The van der Waals surface area contributed by atoms with Crippen LogP contribution in [-0.4, -0.2) is 36.0 Å². The summed E-state index contributed by atoms with van der Waals surface area (Å²) in [7, 11) is 2.36. The van der Waals surface area contributed by atoms with E-state index < -0.39 is 34.5 Å². The van der Waals surface area contributed by atoms with Gasteiger partial charge in [0.05, 0.1) is 24.7 Å². The molecular formula is C13H13NO7. The first kappa shape index (κ1) is 16.2. The maximum Gasteiger partial charge on any atom is 0.321 e. The molecule has 8 nitrogen and oxygen atoms in total. The highest BCUT2D eigenvalue weighted by atomic mass is 16.6. The van der Waals surface area contributed by atoms with Gasteiger partial charge in [0, 0.05) is 6.08 Å². The molecule has 21 heavy (non-hydrogen) atoms. The molecule has 0 amide bonds. The van der Waals surface area contributed by atoms with E-state index in [0.717, 1.165) is 13.2 Å². The molecule has 0 saturated carbocycles. The summed E-state index contributed by atoms with van der Waals surface area (Å²) in [6, 6.07) is 4.04. The van der Waals surface area contributed by atoms with Crippen molar-refractivity contribution in [3.63, 3.8) is 0 Å². The number of hydrogen-bond acceptors (Lipinski definition) is 7. The lowest BCUT2D eigenvalue weighted by atomic mass is 10.1. The minimum atomic E-state index is -0.774. The molecule has 0 heterocycles. The fourth-order valence-electron chi connectivity index (χ4n) is 1.58. The van der Waals surface area contributed by atoms with Crippen LogP contribution >= 0.6 is 0 Å². The van der Waals surface area contributed by atoms with E-state index >= 15 is 0 Å². The fourth-order valence-corrected chi connectivity index (χ4v) is 1.58. The minimum Gasteiger partial charge on any atom is -0.507 e. The molecule has 1 aromatic rings. The molecule has 0 bridgehead atoms. The number of nitrogens with zero attached hydrogens (tertiary/aromatic N) is 1. The number of rotatable bonds is 6. The molecule has 0 aromatic heterocycles. The Bertz CT molecular complexity index is 607. The molecule has 1 rings (SSSR count). The molecule has 0 saturated heterocycles. The SMILES string of the molecule is COC(=O)CC(=O)/C=C(\O)c1cccc(OC)c1[N+](=O)[O-]. The average Bonchev–Trinajstić information content (AvgIpc) is 2.45. The number of benzene rings is 1. The number of aliphatic hydroxyl groups excluding tert-OH is 1. The molecule has 0 aliphatic heterocycles. The van der Waals surface area contributed by atoms with Crippen LogP contribution < -0.4 is 4.74 Å². The third-order valence-corrected chi connectivity index (χ3v) is 2.52. The Hall–Kier alpha value is -2.90. The smallest absolute Gasteiger partial charge is 0.321 e. The van der Waals surface area contributed by atoms with Crippen LogP contribution in [0.4, 0.5) is 5.69 Å². The van der Waals surface area contributed by atoms with Crippen molar-refractivity contribution in [3.05, 3.63) is 40.0 Å². The zero-order chi connectivity index (χ0) is 16.0. The summed E-state index contributed by atoms with van der Waals surface area (Å²) in [6.45, 7) is 0. The Morgan fingerprint density at radius 3 is 2.57 bits per heavy atom. The zero-order valence-corrected chi connectivity index (χ0v) is 11.4. The van der Waals surface area contributed by atoms with E-state index in [4.69, 9.17) is 4.74 Å². The van der Waals surface area contributed by atoms with E-state index in [9.17, 15) is 24.8 Å². The number of nitro benzene ring substituents is 1. The Morgan fingerprint density at radius 1 is 1.38 bits per heavy atom. The molecule has 0 spiro atoms. The summed E-state index contributed by atoms with van der Waals surface area (Å²) >= 11 is 0. The summed E-state index contributed by atoms with van der Waals surface area (Å²) in [4.78, 5) is 32.7. The van der Waals surface area contributed by atoms with Crippen molar-refractivity contribution in [2.75, 3.05) is 14.2 Å². The Labute approximate surface area is 119 Å². The molecule has 0 fully saturated rings. The van der Waals surface area contributed by atoms with Crippen LogP contribution in [0.3, 0.4) is 0 Å². The summed E-state index contributed by atoms with van der Waals surface area (Å²) in [6.07, 6.45) is 0.164. The zero-order valence-electron chi connectivity index (χ0n) is 11.4. The third-order valence-electron chi connectivity index (χ3n) is 2.52. The van der Waals surface area contributed by atoms with Crippen LogP contribution in [0.15, 0.2) is 24.3 Å². The van der Waals surface area contributed by atoms with Crippen molar-refractivity contribution in [2.45, 2.75) is 6.42 Å². The second kappa shape index (κ2) is 7.04.